The number of carbonyl (C=O) groups is 1. The maximum atomic E-state index is 12.2. The summed E-state index contributed by atoms with van der Waals surface area (Å²) in [6, 6.07) is 0. The summed E-state index contributed by atoms with van der Waals surface area (Å²) in [5, 5.41) is 25.5. The number of tetrazole rings is 1. The average molecular weight is 406 g/mol. The molecule has 1 N–H and O–H groups in total. The van der Waals surface area contributed by atoms with Crippen LogP contribution in [-0.4, -0.2) is 42.1 Å². The number of amides is 1. The molecule has 27 heavy (non-hydrogen) atoms. The first-order valence-electron chi connectivity index (χ1n) is 9.59. The van der Waals surface area contributed by atoms with Crippen LogP contribution in [0.15, 0.2) is 5.16 Å². The molecule has 0 atom stereocenters. The third kappa shape index (κ3) is 3.37. The normalized spacial score (nSPS) is 31.4. The van der Waals surface area contributed by atoms with Crippen LogP contribution in [0.3, 0.4) is 0 Å². The lowest BCUT2D eigenvalue weighted by atomic mass is 9.50. The molecule has 0 aromatic carbocycles. The van der Waals surface area contributed by atoms with Crippen molar-refractivity contribution in [3.8, 4) is 0 Å². The van der Waals surface area contributed by atoms with Crippen molar-refractivity contribution >= 4 is 34.1 Å². The Morgan fingerprint density at radius 2 is 1.89 bits per heavy atom. The predicted octanol–water partition coefficient (Wildman–Crippen LogP) is 2.65. The zero-order valence-electron chi connectivity index (χ0n) is 15.3. The van der Waals surface area contributed by atoms with E-state index in [0.717, 1.165) is 22.8 Å². The number of hydrogen-bond acceptors (Lipinski definition) is 8. The summed E-state index contributed by atoms with van der Waals surface area (Å²) in [6.07, 6.45) is 8.45. The van der Waals surface area contributed by atoms with Crippen LogP contribution in [0.4, 0.5) is 5.13 Å². The van der Waals surface area contributed by atoms with Gasteiger partial charge in [0.1, 0.15) is 5.01 Å². The second kappa shape index (κ2) is 6.80. The molecule has 8 nitrogen and oxygen atoms in total. The van der Waals surface area contributed by atoms with E-state index in [9.17, 15) is 4.79 Å². The number of anilines is 1. The van der Waals surface area contributed by atoms with Crippen LogP contribution in [-0.2, 0) is 17.3 Å². The molecule has 4 aliphatic rings. The molecule has 0 saturated heterocycles. The third-order valence-corrected chi connectivity index (χ3v) is 8.40. The third-order valence-electron chi connectivity index (χ3n) is 6.30. The van der Waals surface area contributed by atoms with E-state index in [1.807, 2.05) is 0 Å². The van der Waals surface area contributed by atoms with Crippen molar-refractivity contribution in [3.05, 3.63) is 5.01 Å². The zero-order chi connectivity index (χ0) is 18.4. The monoisotopic (exact) mass is 405 g/mol. The van der Waals surface area contributed by atoms with Crippen molar-refractivity contribution < 1.29 is 4.79 Å². The largest absolute Gasteiger partial charge is 0.301 e. The number of nitrogens with zero attached hydrogens (tertiary/aromatic N) is 6. The van der Waals surface area contributed by atoms with Crippen LogP contribution in [0, 0.1) is 17.8 Å². The molecule has 0 spiro atoms. The Balaban J connectivity index is 1.19. The quantitative estimate of drug-likeness (QED) is 0.738. The first-order valence-corrected chi connectivity index (χ1v) is 11.4. The molecule has 2 heterocycles. The van der Waals surface area contributed by atoms with E-state index in [2.05, 4.69) is 31.0 Å². The molecule has 6 rings (SSSR count). The van der Waals surface area contributed by atoms with Gasteiger partial charge in [0.2, 0.25) is 16.2 Å². The van der Waals surface area contributed by atoms with Crippen LogP contribution >= 0.6 is 23.1 Å². The summed E-state index contributed by atoms with van der Waals surface area (Å²) in [4.78, 5) is 12.2. The van der Waals surface area contributed by atoms with Gasteiger partial charge in [0.25, 0.3) is 0 Å². The molecule has 4 saturated carbocycles. The molecule has 4 fully saturated rings. The maximum Gasteiger partial charge on any atom is 0.227 e. The van der Waals surface area contributed by atoms with E-state index in [4.69, 9.17) is 0 Å². The van der Waals surface area contributed by atoms with Crippen LogP contribution < -0.4 is 5.32 Å². The van der Waals surface area contributed by atoms with Gasteiger partial charge < -0.3 is 5.32 Å². The van der Waals surface area contributed by atoms with Crippen LogP contribution in [0.2, 0.25) is 0 Å². The lowest BCUT2D eigenvalue weighted by Crippen LogP contribution is -2.48. The number of rotatable bonds is 6. The fourth-order valence-corrected chi connectivity index (χ4v) is 7.39. The van der Waals surface area contributed by atoms with Crippen LogP contribution in [0.25, 0.3) is 0 Å². The van der Waals surface area contributed by atoms with Gasteiger partial charge >= 0.3 is 0 Å². The number of aromatic nitrogens is 6. The molecule has 0 radical (unpaired) electrons. The second-order valence-electron chi connectivity index (χ2n) is 8.34. The Morgan fingerprint density at radius 3 is 2.52 bits per heavy atom. The zero-order valence-corrected chi connectivity index (χ0v) is 16.9. The molecule has 4 aliphatic carbocycles. The maximum absolute atomic E-state index is 12.2. The highest BCUT2D eigenvalue weighted by molar-refractivity contribution is 7.99. The molecule has 2 aromatic heterocycles. The Hall–Kier alpha value is -1.55. The second-order valence-corrected chi connectivity index (χ2v) is 10.4. The summed E-state index contributed by atoms with van der Waals surface area (Å²) in [5.41, 5.74) is 0.240. The smallest absolute Gasteiger partial charge is 0.227 e. The van der Waals surface area contributed by atoms with Gasteiger partial charge in [0.05, 0.1) is 0 Å². The fraction of sp³-hybridized carbons (Fsp3) is 0.765. The van der Waals surface area contributed by atoms with Gasteiger partial charge in [-0.2, -0.15) is 0 Å². The minimum atomic E-state index is -0.0363. The Morgan fingerprint density at radius 1 is 1.19 bits per heavy atom. The summed E-state index contributed by atoms with van der Waals surface area (Å²) in [5.74, 6) is 3.23. The first kappa shape index (κ1) is 17.5. The molecular formula is C17H23N7OS2. The Bertz CT molecular complexity index is 813. The Kier molecular flexibility index (Phi) is 4.42. The number of carbonyl (C=O) groups excluding carboxylic acids is 1. The Labute approximate surface area is 165 Å². The van der Waals surface area contributed by atoms with Crippen LogP contribution in [0.1, 0.15) is 50.0 Å². The van der Waals surface area contributed by atoms with Gasteiger partial charge in [-0.15, -0.1) is 15.3 Å². The van der Waals surface area contributed by atoms with Gasteiger partial charge in [-0.3, -0.25) is 4.79 Å². The molecule has 0 aliphatic heterocycles. The van der Waals surface area contributed by atoms with E-state index in [1.54, 1.807) is 23.1 Å². The van der Waals surface area contributed by atoms with Crippen LogP contribution in [0.5, 0.6) is 0 Å². The fourth-order valence-electron chi connectivity index (χ4n) is 5.62. The number of hydrogen-bond donors (Lipinski definition) is 1. The van der Waals surface area contributed by atoms with E-state index in [1.165, 1.54) is 50.3 Å². The minimum absolute atomic E-state index is 0.0363. The molecule has 2 aromatic rings. The minimum Gasteiger partial charge on any atom is -0.301 e. The number of nitrogens with one attached hydrogen (secondary N) is 1. The summed E-state index contributed by atoms with van der Waals surface area (Å²) in [7, 11) is 1.79. The van der Waals surface area contributed by atoms with E-state index < -0.39 is 0 Å². The highest BCUT2D eigenvalue weighted by Gasteiger charge is 2.53. The van der Waals surface area contributed by atoms with Crippen molar-refractivity contribution in [3.63, 3.8) is 0 Å². The molecule has 144 valence electrons. The van der Waals surface area contributed by atoms with Crippen molar-refractivity contribution in [1.29, 1.82) is 0 Å². The SMILES string of the molecule is Cn1nnnc1SCCC(=O)Nc1nnc(C23CC4CC(CC(C4)C2)C3)s1. The number of thioether (sulfide) groups is 1. The van der Waals surface area contributed by atoms with E-state index >= 15 is 0 Å². The van der Waals surface area contributed by atoms with E-state index in [-0.39, 0.29) is 11.3 Å². The van der Waals surface area contributed by atoms with Gasteiger partial charge in [-0.25, -0.2) is 4.68 Å². The first-order chi connectivity index (χ1) is 13.1. The molecule has 1 amide bonds. The van der Waals surface area contributed by atoms with Gasteiger partial charge in [-0.1, -0.05) is 23.1 Å². The highest BCUT2D eigenvalue weighted by atomic mass is 32.2. The van der Waals surface area contributed by atoms with Gasteiger partial charge in [0.15, 0.2) is 0 Å². The molecule has 10 heteroatoms. The summed E-state index contributed by atoms with van der Waals surface area (Å²) >= 11 is 3.06. The van der Waals surface area contributed by atoms with Crippen molar-refractivity contribution in [2.75, 3.05) is 11.1 Å². The summed E-state index contributed by atoms with van der Waals surface area (Å²) < 4.78 is 1.60. The van der Waals surface area contributed by atoms with Crippen molar-refractivity contribution in [2.24, 2.45) is 24.8 Å². The highest BCUT2D eigenvalue weighted by Crippen LogP contribution is 2.61. The van der Waals surface area contributed by atoms with Crippen molar-refractivity contribution in [1.82, 2.24) is 30.4 Å². The van der Waals surface area contributed by atoms with Gasteiger partial charge in [-0.05, 0) is 66.7 Å². The molecule has 0 unspecified atom stereocenters. The number of aryl methyl sites for hydroxylation is 1. The standard InChI is InChI=1S/C17H23N7OS2/c1-24-16(21-22-23-24)26-3-2-13(25)18-15-20-19-14(27-15)17-7-10-4-11(8-17)6-12(5-10)9-17/h10-12H,2-9H2,1H3,(H,18,20,25). The molecule has 4 bridgehead atoms. The van der Waals surface area contributed by atoms with Gasteiger partial charge in [0, 0.05) is 24.6 Å². The topological polar surface area (TPSA) is 98.5 Å². The summed E-state index contributed by atoms with van der Waals surface area (Å²) in [6.45, 7) is 0. The van der Waals surface area contributed by atoms with Crippen molar-refractivity contribution in [2.45, 2.75) is 55.5 Å². The van der Waals surface area contributed by atoms with E-state index in [0.29, 0.717) is 22.5 Å². The molecular weight excluding hydrogens is 382 g/mol. The lowest BCUT2D eigenvalue weighted by molar-refractivity contribution is -0.115. The predicted molar refractivity (Wildman–Crippen MR) is 103 cm³/mol. The lowest BCUT2D eigenvalue weighted by Gasteiger charge is -2.55. The average Bonchev–Trinajstić information content (AvgIpc) is 3.24.